The highest BCUT2D eigenvalue weighted by molar-refractivity contribution is 5.90. The van der Waals surface area contributed by atoms with Gasteiger partial charge in [0.25, 0.3) is 0 Å². The molecule has 178 valence electrons. The van der Waals surface area contributed by atoms with Crippen LogP contribution in [0, 0.1) is 17.6 Å². The molecule has 5 atom stereocenters. The number of methoxy groups -OCH3 is 1. The van der Waals surface area contributed by atoms with Gasteiger partial charge in [-0.2, -0.15) is 17.6 Å². The molecule has 1 aromatic carbocycles. The number of benzene rings is 1. The number of alkyl halides is 3. The maximum absolute atomic E-state index is 14.3. The van der Waals surface area contributed by atoms with Crippen LogP contribution in [0.5, 0.6) is 5.75 Å². The summed E-state index contributed by atoms with van der Waals surface area (Å²) in [6.45, 7) is 3.41. The number of halogens is 5. The first-order chi connectivity index (χ1) is 14.8. The molecule has 3 rings (SSSR count). The molecule has 1 saturated carbocycles. The van der Waals surface area contributed by atoms with E-state index in [2.05, 4.69) is 10.6 Å². The van der Waals surface area contributed by atoms with Gasteiger partial charge in [0, 0.05) is 23.4 Å². The van der Waals surface area contributed by atoms with Crippen molar-refractivity contribution in [2.75, 3.05) is 7.11 Å². The lowest BCUT2D eigenvalue weighted by Crippen LogP contribution is -2.50. The third kappa shape index (κ3) is 4.26. The Balaban J connectivity index is 1.97. The molecule has 0 spiro atoms. The van der Waals surface area contributed by atoms with Crippen LogP contribution < -0.4 is 15.4 Å². The van der Waals surface area contributed by atoms with Crippen molar-refractivity contribution in [3.8, 4) is 5.75 Å². The van der Waals surface area contributed by atoms with Gasteiger partial charge in [-0.15, -0.1) is 0 Å². The Labute approximate surface area is 181 Å². The van der Waals surface area contributed by atoms with Gasteiger partial charge in [-0.05, 0) is 32.8 Å². The molecule has 0 aromatic heterocycles. The molecule has 2 amide bonds. The summed E-state index contributed by atoms with van der Waals surface area (Å²) in [6, 6.07) is 0.821. The molecule has 0 radical (unpaired) electrons. The van der Waals surface area contributed by atoms with E-state index in [1.54, 1.807) is 0 Å². The minimum Gasteiger partial charge on any atom is -0.493 e. The van der Waals surface area contributed by atoms with Gasteiger partial charge in [-0.1, -0.05) is 13.0 Å². The molecule has 2 N–H and O–H groups in total. The summed E-state index contributed by atoms with van der Waals surface area (Å²) in [5, 5.41) is 5.06. The SMILES string of the molecule is COc1c([C@H]2[C@H](C(=O)N[C@H](C)C(=O)NC3CC3)O[C@@](C)(C(F)(F)F)[C@H]2C)ccc(F)c1F. The zero-order chi connectivity index (χ0) is 24.0. The summed E-state index contributed by atoms with van der Waals surface area (Å²) >= 11 is 0. The average molecular weight is 464 g/mol. The molecular weight excluding hydrogens is 439 g/mol. The standard InChI is InChI=1S/C21H25F5N2O4/c1-9-14(12-7-8-13(22)15(23)16(12)31-4)17(32-20(9,3)21(24,25)26)19(30)27-10(2)18(29)28-11-5-6-11/h7-11,14,17H,5-6H2,1-4H3,(H,27,30)(H,28,29)/t9-,10+,14-,17+,20+/m0/s1. The van der Waals surface area contributed by atoms with E-state index in [4.69, 9.17) is 9.47 Å². The summed E-state index contributed by atoms with van der Waals surface area (Å²) in [6.07, 6.45) is -4.96. The second kappa shape index (κ2) is 8.49. The highest BCUT2D eigenvalue weighted by Crippen LogP contribution is 2.54. The number of carbonyl (C=O) groups is 2. The normalized spacial score (nSPS) is 28.8. The van der Waals surface area contributed by atoms with Crippen molar-refractivity contribution in [2.45, 2.75) is 69.5 Å². The molecule has 1 aliphatic carbocycles. The van der Waals surface area contributed by atoms with Crippen LogP contribution in [0.3, 0.4) is 0 Å². The number of carbonyl (C=O) groups excluding carboxylic acids is 2. The van der Waals surface area contributed by atoms with E-state index in [-0.39, 0.29) is 11.6 Å². The fourth-order valence-electron chi connectivity index (χ4n) is 3.96. The minimum absolute atomic E-state index is 0.0253. The van der Waals surface area contributed by atoms with Crippen LogP contribution in [0.1, 0.15) is 45.1 Å². The third-order valence-corrected chi connectivity index (χ3v) is 6.25. The molecule has 1 heterocycles. The molecule has 11 heteroatoms. The molecule has 32 heavy (non-hydrogen) atoms. The maximum atomic E-state index is 14.3. The van der Waals surface area contributed by atoms with E-state index >= 15 is 0 Å². The topological polar surface area (TPSA) is 76.7 Å². The summed E-state index contributed by atoms with van der Waals surface area (Å²) in [7, 11) is 1.05. The van der Waals surface area contributed by atoms with Gasteiger partial charge in [-0.3, -0.25) is 9.59 Å². The summed E-state index contributed by atoms with van der Waals surface area (Å²) in [4.78, 5) is 25.1. The number of nitrogens with one attached hydrogen (secondary N) is 2. The molecule has 0 unspecified atom stereocenters. The van der Waals surface area contributed by atoms with Crippen LogP contribution in [-0.2, 0) is 14.3 Å². The van der Waals surface area contributed by atoms with Crippen LogP contribution in [0.2, 0.25) is 0 Å². The van der Waals surface area contributed by atoms with Crippen molar-refractivity contribution < 1.29 is 41.0 Å². The van der Waals surface area contributed by atoms with E-state index in [0.717, 1.165) is 39.0 Å². The first kappa shape index (κ1) is 24.2. The van der Waals surface area contributed by atoms with Crippen LogP contribution in [-0.4, -0.2) is 48.9 Å². The minimum atomic E-state index is -4.86. The lowest BCUT2D eigenvalue weighted by atomic mass is 9.77. The lowest BCUT2D eigenvalue weighted by Gasteiger charge is -2.32. The molecule has 1 saturated heterocycles. The van der Waals surface area contributed by atoms with Crippen LogP contribution >= 0.6 is 0 Å². The number of hydrogen-bond acceptors (Lipinski definition) is 4. The average Bonchev–Trinajstić information content (AvgIpc) is 3.47. The van der Waals surface area contributed by atoms with Gasteiger partial charge in [0.05, 0.1) is 7.11 Å². The molecule has 2 fully saturated rings. The molecule has 2 aliphatic rings. The fourth-order valence-corrected chi connectivity index (χ4v) is 3.96. The van der Waals surface area contributed by atoms with E-state index in [1.165, 1.54) is 13.8 Å². The maximum Gasteiger partial charge on any atom is 0.417 e. The Morgan fingerprint density at radius 3 is 2.41 bits per heavy atom. The Morgan fingerprint density at radius 1 is 1.25 bits per heavy atom. The fraction of sp³-hybridized carbons (Fsp3) is 0.619. The number of rotatable bonds is 6. The van der Waals surface area contributed by atoms with Gasteiger partial charge < -0.3 is 20.1 Å². The van der Waals surface area contributed by atoms with Crippen molar-refractivity contribution in [2.24, 2.45) is 5.92 Å². The van der Waals surface area contributed by atoms with Gasteiger partial charge in [-0.25, -0.2) is 4.39 Å². The highest BCUT2D eigenvalue weighted by atomic mass is 19.4. The van der Waals surface area contributed by atoms with Crippen LogP contribution in [0.25, 0.3) is 0 Å². The summed E-state index contributed by atoms with van der Waals surface area (Å²) in [5.41, 5.74) is -2.89. The van der Waals surface area contributed by atoms with Crippen molar-refractivity contribution >= 4 is 11.8 Å². The lowest BCUT2D eigenvalue weighted by molar-refractivity contribution is -0.272. The monoisotopic (exact) mass is 464 g/mol. The third-order valence-electron chi connectivity index (χ3n) is 6.25. The number of ether oxygens (including phenoxy) is 2. The second-order valence-corrected chi connectivity index (χ2v) is 8.45. The van der Waals surface area contributed by atoms with E-state index in [0.29, 0.717) is 0 Å². The number of amides is 2. The van der Waals surface area contributed by atoms with E-state index in [9.17, 15) is 31.5 Å². The predicted molar refractivity (Wildman–Crippen MR) is 103 cm³/mol. The zero-order valence-corrected chi connectivity index (χ0v) is 18.0. The van der Waals surface area contributed by atoms with E-state index < -0.39 is 65.0 Å². The highest BCUT2D eigenvalue weighted by Gasteiger charge is 2.66. The van der Waals surface area contributed by atoms with Gasteiger partial charge in [0.15, 0.2) is 17.2 Å². The summed E-state index contributed by atoms with van der Waals surface area (Å²) in [5.74, 6) is -7.38. The van der Waals surface area contributed by atoms with Crippen molar-refractivity contribution in [1.82, 2.24) is 10.6 Å². The van der Waals surface area contributed by atoms with Crippen molar-refractivity contribution in [3.05, 3.63) is 29.3 Å². The van der Waals surface area contributed by atoms with Crippen LogP contribution in [0.15, 0.2) is 12.1 Å². The van der Waals surface area contributed by atoms with Gasteiger partial charge >= 0.3 is 6.18 Å². The summed E-state index contributed by atoms with van der Waals surface area (Å²) < 4.78 is 79.9. The van der Waals surface area contributed by atoms with E-state index in [1.807, 2.05) is 0 Å². The Hall–Kier alpha value is -2.43. The molecule has 1 aromatic rings. The Kier molecular flexibility index (Phi) is 6.43. The second-order valence-electron chi connectivity index (χ2n) is 8.45. The molecule has 0 bridgehead atoms. The van der Waals surface area contributed by atoms with Crippen molar-refractivity contribution in [3.63, 3.8) is 0 Å². The first-order valence-corrected chi connectivity index (χ1v) is 10.2. The predicted octanol–water partition coefficient (Wildman–Crippen LogP) is 3.20. The quantitative estimate of drug-likeness (QED) is 0.634. The molecule has 6 nitrogen and oxygen atoms in total. The van der Waals surface area contributed by atoms with Crippen LogP contribution in [0.4, 0.5) is 22.0 Å². The van der Waals surface area contributed by atoms with Gasteiger partial charge in [0.1, 0.15) is 12.1 Å². The number of hydrogen-bond donors (Lipinski definition) is 2. The molecule has 1 aliphatic heterocycles. The molecular formula is C21H25F5N2O4. The Bertz CT molecular complexity index is 905. The Morgan fingerprint density at radius 2 is 1.88 bits per heavy atom. The first-order valence-electron chi connectivity index (χ1n) is 10.2. The largest absolute Gasteiger partial charge is 0.493 e. The zero-order valence-electron chi connectivity index (χ0n) is 18.0. The smallest absolute Gasteiger partial charge is 0.417 e. The van der Waals surface area contributed by atoms with Gasteiger partial charge in [0.2, 0.25) is 17.6 Å². The van der Waals surface area contributed by atoms with Crippen molar-refractivity contribution in [1.29, 1.82) is 0 Å².